The number of carbonyl (C=O) groups excluding carboxylic acids is 1. The van der Waals surface area contributed by atoms with Crippen molar-refractivity contribution in [3.63, 3.8) is 0 Å². The molecular formula is C22H21NO4S. The van der Waals surface area contributed by atoms with Crippen LogP contribution in [0.25, 0.3) is 5.57 Å². The second kappa shape index (κ2) is 9.71. The maximum atomic E-state index is 12.1. The third-order valence-corrected chi connectivity index (χ3v) is 4.73. The highest BCUT2D eigenvalue weighted by Gasteiger charge is 2.17. The zero-order chi connectivity index (χ0) is 19.8. The van der Waals surface area contributed by atoms with E-state index in [1.807, 2.05) is 53.9 Å². The number of aromatic nitrogens is 1. The number of nitrogens with zero attached hydrogens (tertiary/aromatic N) is 1. The number of methoxy groups -OCH3 is 1. The largest absolute Gasteiger partial charge is 0.496 e. The first kappa shape index (κ1) is 19.6. The normalized spacial score (nSPS) is 11.1. The summed E-state index contributed by atoms with van der Waals surface area (Å²) in [6.07, 6.45) is 3.14. The molecule has 3 aromatic rings. The molecule has 2 aromatic carbocycles. The van der Waals surface area contributed by atoms with E-state index in [0.29, 0.717) is 35.3 Å². The van der Waals surface area contributed by atoms with Gasteiger partial charge in [0.05, 0.1) is 13.7 Å². The number of benzene rings is 2. The Bertz CT molecular complexity index is 936. The van der Waals surface area contributed by atoms with Gasteiger partial charge in [-0.1, -0.05) is 30.3 Å². The van der Waals surface area contributed by atoms with E-state index in [-0.39, 0.29) is 0 Å². The van der Waals surface area contributed by atoms with Gasteiger partial charge in [0.2, 0.25) is 0 Å². The Hall–Kier alpha value is -3.12. The molecule has 0 spiro atoms. The summed E-state index contributed by atoms with van der Waals surface area (Å²) in [6, 6.07) is 15.4. The predicted octanol–water partition coefficient (Wildman–Crippen LogP) is 4.73. The van der Waals surface area contributed by atoms with E-state index in [4.69, 9.17) is 14.2 Å². The minimum absolute atomic E-state index is 0.303. The van der Waals surface area contributed by atoms with E-state index in [1.54, 1.807) is 20.2 Å². The Kier molecular flexibility index (Phi) is 6.81. The van der Waals surface area contributed by atoms with E-state index < -0.39 is 5.97 Å². The summed E-state index contributed by atoms with van der Waals surface area (Å²) in [7, 11) is 1.59. The second-order valence-corrected chi connectivity index (χ2v) is 6.68. The molecule has 0 unspecified atom stereocenters. The monoisotopic (exact) mass is 395 g/mol. The van der Waals surface area contributed by atoms with Crippen LogP contribution < -0.4 is 9.47 Å². The lowest BCUT2D eigenvalue weighted by molar-refractivity contribution is -0.137. The van der Waals surface area contributed by atoms with E-state index in [0.717, 1.165) is 11.1 Å². The molecule has 0 saturated carbocycles. The van der Waals surface area contributed by atoms with Gasteiger partial charge < -0.3 is 14.2 Å². The van der Waals surface area contributed by atoms with Crippen molar-refractivity contribution in [2.75, 3.05) is 13.7 Å². The van der Waals surface area contributed by atoms with Gasteiger partial charge in [-0.05, 0) is 30.7 Å². The van der Waals surface area contributed by atoms with Crippen molar-refractivity contribution in [1.29, 1.82) is 0 Å². The van der Waals surface area contributed by atoms with Gasteiger partial charge in [0.1, 0.15) is 23.1 Å². The fourth-order valence-electron chi connectivity index (χ4n) is 2.64. The van der Waals surface area contributed by atoms with Gasteiger partial charge in [-0.25, -0.2) is 9.78 Å². The second-order valence-electron chi connectivity index (χ2n) is 5.78. The molecule has 0 atom stereocenters. The van der Waals surface area contributed by atoms with E-state index in [2.05, 4.69) is 4.98 Å². The molecule has 0 aliphatic carbocycles. The number of esters is 1. The zero-order valence-corrected chi connectivity index (χ0v) is 16.6. The summed E-state index contributed by atoms with van der Waals surface area (Å²) >= 11 is 1.44. The average Bonchev–Trinajstić information content (AvgIpc) is 3.26. The molecule has 0 amide bonds. The first-order valence-corrected chi connectivity index (χ1v) is 9.72. The maximum absolute atomic E-state index is 12.1. The first-order chi connectivity index (χ1) is 13.7. The minimum Gasteiger partial charge on any atom is -0.496 e. The Morgan fingerprint density at radius 1 is 1.18 bits per heavy atom. The topological polar surface area (TPSA) is 57.7 Å². The number of thiazole rings is 1. The van der Waals surface area contributed by atoms with Crippen LogP contribution in [0.3, 0.4) is 0 Å². The molecule has 3 rings (SSSR count). The lowest BCUT2D eigenvalue weighted by atomic mass is 10.0. The van der Waals surface area contributed by atoms with Gasteiger partial charge in [0, 0.05) is 28.8 Å². The van der Waals surface area contributed by atoms with Crippen LogP contribution in [0.1, 0.15) is 23.1 Å². The molecule has 0 bridgehead atoms. The maximum Gasteiger partial charge on any atom is 0.331 e. The van der Waals surface area contributed by atoms with Crippen LogP contribution >= 0.6 is 11.3 Å². The molecule has 0 aliphatic rings. The van der Waals surface area contributed by atoms with Gasteiger partial charge in [0.25, 0.3) is 0 Å². The standard InChI is InChI=1S/C22H21NO4S/c1-3-26-21(24)14-19(22-23-11-12-28-22)18-13-17(9-10-20(18)25-2)27-15-16-7-5-4-6-8-16/h4-14H,3,15H2,1-2H3/b19-14-. The van der Waals surface area contributed by atoms with E-state index in [9.17, 15) is 4.79 Å². The summed E-state index contributed by atoms with van der Waals surface area (Å²) in [4.78, 5) is 16.5. The van der Waals surface area contributed by atoms with Crippen molar-refractivity contribution in [2.24, 2.45) is 0 Å². The van der Waals surface area contributed by atoms with Crippen molar-refractivity contribution in [3.05, 3.63) is 82.3 Å². The molecule has 6 heteroatoms. The minimum atomic E-state index is -0.426. The number of ether oxygens (including phenoxy) is 3. The van der Waals surface area contributed by atoms with E-state index in [1.165, 1.54) is 17.4 Å². The third-order valence-electron chi connectivity index (χ3n) is 3.92. The summed E-state index contributed by atoms with van der Waals surface area (Å²) < 4.78 is 16.5. The highest BCUT2D eigenvalue weighted by molar-refractivity contribution is 7.10. The van der Waals surface area contributed by atoms with Crippen LogP contribution in [0.4, 0.5) is 0 Å². The Morgan fingerprint density at radius 2 is 2.00 bits per heavy atom. The average molecular weight is 395 g/mol. The van der Waals surface area contributed by atoms with Crippen molar-refractivity contribution < 1.29 is 19.0 Å². The fraction of sp³-hybridized carbons (Fsp3) is 0.182. The molecule has 28 heavy (non-hydrogen) atoms. The van der Waals surface area contributed by atoms with Crippen molar-refractivity contribution >= 4 is 22.9 Å². The summed E-state index contributed by atoms with van der Waals surface area (Å²) in [6.45, 7) is 2.52. The quantitative estimate of drug-likeness (QED) is 0.408. The molecule has 0 N–H and O–H groups in total. The lowest BCUT2D eigenvalue weighted by Crippen LogP contribution is -2.03. The Balaban J connectivity index is 1.95. The number of hydrogen-bond donors (Lipinski definition) is 0. The highest BCUT2D eigenvalue weighted by atomic mass is 32.1. The van der Waals surface area contributed by atoms with Gasteiger partial charge >= 0.3 is 5.97 Å². The molecule has 0 fully saturated rings. The smallest absolute Gasteiger partial charge is 0.331 e. The molecule has 0 saturated heterocycles. The Labute approximate surface area is 168 Å². The predicted molar refractivity (Wildman–Crippen MR) is 110 cm³/mol. The molecule has 0 aliphatic heterocycles. The summed E-state index contributed by atoms with van der Waals surface area (Å²) in [5.41, 5.74) is 2.42. The molecule has 144 valence electrons. The SMILES string of the molecule is CCOC(=O)/C=C(\c1nccs1)c1cc(OCc2ccccc2)ccc1OC. The number of carbonyl (C=O) groups is 1. The number of rotatable bonds is 8. The summed E-state index contributed by atoms with van der Waals surface area (Å²) in [5, 5.41) is 2.56. The number of hydrogen-bond acceptors (Lipinski definition) is 6. The molecule has 5 nitrogen and oxygen atoms in total. The fourth-order valence-corrected chi connectivity index (χ4v) is 3.31. The van der Waals surface area contributed by atoms with Gasteiger partial charge in [0.15, 0.2) is 0 Å². The van der Waals surface area contributed by atoms with Gasteiger partial charge in [-0.2, -0.15) is 0 Å². The van der Waals surface area contributed by atoms with Crippen molar-refractivity contribution in [1.82, 2.24) is 4.98 Å². The first-order valence-electron chi connectivity index (χ1n) is 8.84. The van der Waals surface area contributed by atoms with Crippen LogP contribution in [0.15, 0.2) is 66.2 Å². The van der Waals surface area contributed by atoms with Gasteiger partial charge in [-0.3, -0.25) is 0 Å². The van der Waals surface area contributed by atoms with Crippen LogP contribution in [-0.4, -0.2) is 24.7 Å². The lowest BCUT2D eigenvalue weighted by Gasteiger charge is -2.14. The van der Waals surface area contributed by atoms with E-state index >= 15 is 0 Å². The van der Waals surface area contributed by atoms with Crippen molar-refractivity contribution in [3.8, 4) is 11.5 Å². The Morgan fingerprint density at radius 3 is 2.68 bits per heavy atom. The van der Waals surface area contributed by atoms with Crippen LogP contribution in [0, 0.1) is 0 Å². The van der Waals surface area contributed by atoms with Crippen LogP contribution in [-0.2, 0) is 16.1 Å². The molecule has 0 radical (unpaired) electrons. The molecule has 1 aromatic heterocycles. The summed E-state index contributed by atoms with van der Waals surface area (Å²) in [5.74, 6) is 0.870. The zero-order valence-electron chi connectivity index (χ0n) is 15.8. The van der Waals surface area contributed by atoms with Crippen LogP contribution in [0.2, 0.25) is 0 Å². The molecular weight excluding hydrogens is 374 g/mol. The highest BCUT2D eigenvalue weighted by Crippen LogP contribution is 2.35. The molecule has 1 heterocycles. The van der Waals surface area contributed by atoms with Crippen molar-refractivity contribution in [2.45, 2.75) is 13.5 Å². The third kappa shape index (κ3) is 4.98. The van der Waals surface area contributed by atoms with Crippen LogP contribution in [0.5, 0.6) is 11.5 Å². The van der Waals surface area contributed by atoms with Gasteiger partial charge in [-0.15, -0.1) is 11.3 Å².